The smallest absolute Gasteiger partial charge is 0.242 e. The Morgan fingerprint density at radius 1 is 1.06 bits per heavy atom. The van der Waals surface area contributed by atoms with Gasteiger partial charge >= 0.3 is 0 Å². The number of carbonyl (C=O) groups is 2. The molecule has 0 aliphatic heterocycles. The minimum atomic E-state index is -3.55. The van der Waals surface area contributed by atoms with E-state index in [-0.39, 0.29) is 31.3 Å². The molecule has 0 aliphatic rings. The van der Waals surface area contributed by atoms with Crippen LogP contribution in [0.5, 0.6) is 0 Å². The van der Waals surface area contributed by atoms with E-state index in [1.165, 1.54) is 15.5 Å². The van der Waals surface area contributed by atoms with Crippen LogP contribution in [0.1, 0.15) is 56.2 Å². The van der Waals surface area contributed by atoms with Crippen molar-refractivity contribution in [1.82, 2.24) is 10.2 Å². The van der Waals surface area contributed by atoms with E-state index in [1.807, 2.05) is 51.1 Å². The second kappa shape index (κ2) is 13.7. The fraction of sp³-hybridized carbons (Fsp3) is 0.481. The quantitative estimate of drug-likeness (QED) is 0.372. The molecule has 2 amide bonds. The predicted molar refractivity (Wildman–Crippen MR) is 147 cm³/mol. The van der Waals surface area contributed by atoms with E-state index in [1.54, 1.807) is 19.1 Å². The molecule has 2 aromatic rings. The van der Waals surface area contributed by atoms with Crippen LogP contribution >= 0.6 is 11.6 Å². The molecule has 0 spiro atoms. The van der Waals surface area contributed by atoms with E-state index in [9.17, 15) is 18.0 Å². The van der Waals surface area contributed by atoms with Crippen LogP contribution < -0.4 is 9.62 Å². The van der Waals surface area contributed by atoms with Crippen molar-refractivity contribution in [3.8, 4) is 0 Å². The highest BCUT2D eigenvalue weighted by Crippen LogP contribution is 2.26. The Bertz CT molecular complexity index is 1150. The maximum absolute atomic E-state index is 13.4. The SMILES string of the molecule is CCCCNC(=O)[C@H](C)N(Cc1ccccc1Cl)C(=O)CCCN(c1cccc(C)c1C)S(C)(=O)=O. The summed E-state index contributed by atoms with van der Waals surface area (Å²) < 4.78 is 26.5. The summed E-state index contributed by atoms with van der Waals surface area (Å²) in [6.45, 7) is 8.46. The third-order valence-corrected chi connectivity index (χ3v) is 7.84. The van der Waals surface area contributed by atoms with Gasteiger partial charge in [0.2, 0.25) is 21.8 Å². The van der Waals surface area contributed by atoms with Crippen LogP contribution in [0.25, 0.3) is 0 Å². The summed E-state index contributed by atoms with van der Waals surface area (Å²) in [6, 6.07) is 12.1. The monoisotopic (exact) mass is 535 g/mol. The van der Waals surface area contributed by atoms with Crippen molar-refractivity contribution in [3.63, 3.8) is 0 Å². The van der Waals surface area contributed by atoms with Crippen molar-refractivity contribution in [3.05, 3.63) is 64.2 Å². The van der Waals surface area contributed by atoms with Crippen molar-refractivity contribution in [2.24, 2.45) is 0 Å². The van der Waals surface area contributed by atoms with Crippen LogP contribution in [0.3, 0.4) is 0 Å². The number of benzene rings is 2. The molecule has 9 heteroatoms. The molecule has 7 nitrogen and oxygen atoms in total. The van der Waals surface area contributed by atoms with Crippen molar-refractivity contribution in [2.45, 2.75) is 66.0 Å². The fourth-order valence-corrected chi connectivity index (χ4v) is 5.13. The average molecular weight is 536 g/mol. The number of nitrogens with zero attached hydrogens (tertiary/aromatic N) is 2. The van der Waals surface area contributed by atoms with E-state index in [4.69, 9.17) is 11.6 Å². The molecule has 0 bridgehead atoms. The van der Waals surface area contributed by atoms with Gasteiger partial charge in [-0.05, 0) is 62.4 Å². The molecule has 36 heavy (non-hydrogen) atoms. The zero-order chi connectivity index (χ0) is 26.9. The molecule has 0 radical (unpaired) electrons. The van der Waals surface area contributed by atoms with Gasteiger partial charge in [-0.3, -0.25) is 13.9 Å². The molecule has 198 valence electrons. The van der Waals surface area contributed by atoms with Gasteiger partial charge in [-0.1, -0.05) is 55.3 Å². The first-order valence-electron chi connectivity index (χ1n) is 12.3. The van der Waals surface area contributed by atoms with E-state index in [0.29, 0.717) is 23.7 Å². The molecule has 0 heterocycles. The molecule has 2 rings (SSSR count). The predicted octanol–water partition coefficient (Wildman–Crippen LogP) is 4.84. The largest absolute Gasteiger partial charge is 0.354 e. The lowest BCUT2D eigenvalue weighted by atomic mass is 10.1. The number of anilines is 1. The first-order valence-corrected chi connectivity index (χ1v) is 14.5. The minimum Gasteiger partial charge on any atom is -0.354 e. The number of hydrogen-bond acceptors (Lipinski definition) is 4. The Balaban J connectivity index is 2.19. The number of rotatable bonds is 13. The van der Waals surface area contributed by atoms with Gasteiger partial charge in [0.1, 0.15) is 6.04 Å². The zero-order valence-corrected chi connectivity index (χ0v) is 23.5. The number of aryl methyl sites for hydroxylation is 1. The minimum absolute atomic E-state index is 0.0912. The standard InChI is InChI=1S/C27H38ClN3O4S/c1-6-7-17-29-27(33)22(4)30(19-23-13-8-9-14-24(23)28)26(32)16-11-18-31(36(5,34)35)25-15-10-12-20(2)21(25)3/h8-10,12-15,22H,6-7,11,16-19H2,1-5H3,(H,29,33)/t22-/m0/s1. The molecule has 1 atom stereocenters. The van der Waals surface area contributed by atoms with Gasteiger partial charge in [0.25, 0.3) is 0 Å². The Hall–Kier alpha value is -2.58. The Morgan fingerprint density at radius 3 is 2.39 bits per heavy atom. The molecular weight excluding hydrogens is 498 g/mol. The molecule has 0 aliphatic carbocycles. The third-order valence-electron chi connectivity index (χ3n) is 6.29. The van der Waals surface area contributed by atoms with Crippen LogP contribution in [-0.2, 0) is 26.2 Å². The van der Waals surface area contributed by atoms with Crippen LogP contribution in [0.2, 0.25) is 5.02 Å². The number of hydrogen-bond donors (Lipinski definition) is 1. The number of halogens is 1. The Labute approximate surface area is 220 Å². The summed E-state index contributed by atoms with van der Waals surface area (Å²) in [5, 5.41) is 3.41. The number of carbonyl (C=O) groups excluding carboxylic acids is 2. The first-order chi connectivity index (χ1) is 17.0. The molecule has 0 aromatic heterocycles. The molecule has 2 aromatic carbocycles. The van der Waals surface area contributed by atoms with Crippen LogP contribution in [0.4, 0.5) is 5.69 Å². The van der Waals surface area contributed by atoms with Crippen molar-refractivity contribution < 1.29 is 18.0 Å². The molecule has 1 N–H and O–H groups in total. The number of nitrogens with one attached hydrogen (secondary N) is 1. The lowest BCUT2D eigenvalue weighted by molar-refractivity contribution is -0.140. The Morgan fingerprint density at radius 2 is 1.75 bits per heavy atom. The summed E-state index contributed by atoms with van der Waals surface area (Å²) in [7, 11) is -3.55. The van der Waals surface area contributed by atoms with Gasteiger partial charge in [-0.2, -0.15) is 0 Å². The number of unbranched alkanes of at least 4 members (excludes halogenated alkanes) is 1. The molecule has 0 saturated carbocycles. The molecule has 0 fully saturated rings. The van der Waals surface area contributed by atoms with Crippen molar-refractivity contribution in [1.29, 1.82) is 0 Å². The summed E-state index contributed by atoms with van der Waals surface area (Å²) >= 11 is 6.34. The van der Waals surface area contributed by atoms with E-state index in [0.717, 1.165) is 29.5 Å². The maximum Gasteiger partial charge on any atom is 0.242 e. The van der Waals surface area contributed by atoms with Crippen LogP contribution in [0.15, 0.2) is 42.5 Å². The Kier molecular flexibility index (Phi) is 11.2. The van der Waals surface area contributed by atoms with Gasteiger partial charge in [0, 0.05) is 31.1 Å². The van der Waals surface area contributed by atoms with Crippen LogP contribution in [-0.4, -0.2) is 50.5 Å². The van der Waals surface area contributed by atoms with E-state index in [2.05, 4.69) is 5.32 Å². The molecule has 0 unspecified atom stereocenters. The summed E-state index contributed by atoms with van der Waals surface area (Å²) in [5.41, 5.74) is 3.23. The summed E-state index contributed by atoms with van der Waals surface area (Å²) in [5.74, 6) is -0.459. The van der Waals surface area contributed by atoms with Crippen LogP contribution in [0, 0.1) is 13.8 Å². The lowest BCUT2D eigenvalue weighted by Crippen LogP contribution is -2.48. The van der Waals surface area contributed by atoms with Gasteiger partial charge in [-0.15, -0.1) is 0 Å². The average Bonchev–Trinajstić information content (AvgIpc) is 2.82. The topological polar surface area (TPSA) is 86.8 Å². The third kappa shape index (κ3) is 8.23. The lowest BCUT2D eigenvalue weighted by Gasteiger charge is -2.30. The highest BCUT2D eigenvalue weighted by molar-refractivity contribution is 7.92. The van der Waals surface area contributed by atoms with Gasteiger partial charge in [0.15, 0.2) is 0 Å². The first kappa shape index (κ1) is 29.6. The van der Waals surface area contributed by atoms with Crippen molar-refractivity contribution in [2.75, 3.05) is 23.7 Å². The highest BCUT2D eigenvalue weighted by Gasteiger charge is 2.27. The second-order valence-corrected chi connectivity index (χ2v) is 11.4. The van der Waals surface area contributed by atoms with Gasteiger partial charge in [0.05, 0.1) is 11.9 Å². The van der Waals surface area contributed by atoms with E-state index < -0.39 is 16.1 Å². The van der Waals surface area contributed by atoms with Crippen molar-refractivity contribution >= 4 is 39.1 Å². The normalized spacial score (nSPS) is 12.2. The zero-order valence-electron chi connectivity index (χ0n) is 21.9. The van der Waals surface area contributed by atoms with Gasteiger partial charge in [-0.25, -0.2) is 8.42 Å². The highest BCUT2D eigenvalue weighted by atomic mass is 35.5. The fourth-order valence-electron chi connectivity index (χ4n) is 3.92. The molecular formula is C27H38ClN3O4S. The number of amides is 2. The van der Waals surface area contributed by atoms with E-state index >= 15 is 0 Å². The number of sulfonamides is 1. The second-order valence-electron chi connectivity index (χ2n) is 9.09. The summed E-state index contributed by atoms with van der Waals surface area (Å²) in [6.07, 6.45) is 3.38. The maximum atomic E-state index is 13.4. The van der Waals surface area contributed by atoms with Gasteiger partial charge < -0.3 is 10.2 Å². The summed E-state index contributed by atoms with van der Waals surface area (Å²) in [4.78, 5) is 27.7. The molecule has 0 saturated heterocycles.